The molecule has 0 aromatic carbocycles. The van der Waals surface area contributed by atoms with E-state index in [1.54, 1.807) is 0 Å². The zero-order valence-corrected chi connectivity index (χ0v) is 11.5. The summed E-state index contributed by atoms with van der Waals surface area (Å²) in [6.45, 7) is 5.38. The molecule has 0 aliphatic heterocycles. The zero-order valence-electron chi connectivity index (χ0n) is 11.5. The number of methoxy groups -OCH3 is 1. The van der Waals surface area contributed by atoms with Gasteiger partial charge >= 0.3 is 0 Å². The van der Waals surface area contributed by atoms with Crippen molar-refractivity contribution in [3.05, 3.63) is 0 Å². The van der Waals surface area contributed by atoms with Gasteiger partial charge in [-0.2, -0.15) is 0 Å². The third-order valence-corrected chi connectivity index (χ3v) is 3.44. The summed E-state index contributed by atoms with van der Waals surface area (Å²) in [6, 6.07) is 0. The molecule has 1 aliphatic carbocycles. The second kappa shape index (κ2) is 9.86. The summed E-state index contributed by atoms with van der Waals surface area (Å²) >= 11 is 0. The first-order valence-corrected chi connectivity index (χ1v) is 7.22. The molecular weight excluding hydrogens is 214 g/mol. The molecule has 0 amide bonds. The van der Waals surface area contributed by atoms with E-state index in [0.717, 1.165) is 26.1 Å². The number of rotatable bonds is 9. The van der Waals surface area contributed by atoms with E-state index in [9.17, 15) is 0 Å². The summed E-state index contributed by atoms with van der Waals surface area (Å²) in [5.74, 6) is 0. The smallest absolute Gasteiger partial charge is 0.0599 e. The standard InChI is InChI=1S/C14H29NO2/c1-3-9-15-10-4-5-11-17-14-8-6-7-13(12-14)16-2/h13-15H,3-12H2,1-2H3. The predicted octanol–water partition coefficient (Wildman–Crippen LogP) is 2.74. The van der Waals surface area contributed by atoms with E-state index < -0.39 is 0 Å². The summed E-state index contributed by atoms with van der Waals surface area (Å²) in [7, 11) is 1.81. The number of ether oxygens (including phenoxy) is 2. The van der Waals surface area contributed by atoms with E-state index in [2.05, 4.69) is 12.2 Å². The first-order chi connectivity index (χ1) is 8.36. The van der Waals surface area contributed by atoms with Crippen molar-refractivity contribution >= 4 is 0 Å². The Balaban J connectivity index is 1.91. The topological polar surface area (TPSA) is 30.5 Å². The lowest BCUT2D eigenvalue weighted by molar-refractivity contribution is -0.0302. The van der Waals surface area contributed by atoms with Gasteiger partial charge in [0.05, 0.1) is 12.2 Å². The molecule has 1 aliphatic rings. The van der Waals surface area contributed by atoms with Gasteiger partial charge in [0.25, 0.3) is 0 Å². The van der Waals surface area contributed by atoms with Gasteiger partial charge in [-0.3, -0.25) is 0 Å². The molecule has 1 rings (SSSR count). The van der Waals surface area contributed by atoms with Crippen LogP contribution in [0.3, 0.4) is 0 Å². The molecule has 0 spiro atoms. The minimum absolute atomic E-state index is 0.431. The van der Waals surface area contributed by atoms with E-state index in [1.807, 2.05) is 7.11 Å². The van der Waals surface area contributed by atoms with E-state index in [0.29, 0.717) is 12.2 Å². The molecule has 3 heteroatoms. The number of hydrogen-bond acceptors (Lipinski definition) is 3. The summed E-state index contributed by atoms with van der Waals surface area (Å²) in [6.07, 6.45) is 9.25. The van der Waals surface area contributed by atoms with Crippen molar-refractivity contribution in [3.8, 4) is 0 Å². The molecule has 0 heterocycles. The zero-order chi connectivity index (χ0) is 12.3. The quantitative estimate of drug-likeness (QED) is 0.632. The first-order valence-electron chi connectivity index (χ1n) is 7.22. The van der Waals surface area contributed by atoms with Gasteiger partial charge in [-0.15, -0.1) is 0 Å². The Kier molecular flexibility index (Phi) is 8.67. The molecule has 1 N–H and O–H groups in total. The molecule has 2 atom stereocenters. The Hall–Kier alpha value is -0.120. The summed E-state index contributed by atoms with van der Waals surface area (Å²) in [4.78, 5) is 0. The molecule has 0 aromatic heterocycles. The van der Waals surface area contributed by atoms with Crippen LogP contribution in [0.5, 0.6) is 0 Å². The van der Waals surface area contributed by atoms with Crippen LogP contribution in [0, 0.1) is 0 Å². The average Bonchev–Trinajstić information content (AvgIpc) is 2.38. The van der Waals surface area contributed by atoms with Gasteiger partial charge in [-0.05, 0) is 58.0 Å². The van der Waals surface area contributed by atoms with Crippen LogP contribution in [0.1, 0.15) is 51.9 Å². The highest BCUT2D eigenvalue weighted by Crippen LogP contribution is 2.23. The molecular formula is C14H29NO2. The van der Waals surface area contributed by atoms with E-state index in [1.165, 1.54) is 38.5 Å². The molecule has 0 radical (unpaired) electrons. The van der Waals surface area contributed by atoms with Crippen LogP contribution >= 0.6 is 0 Å². The molecule has 3 nitrogen and oxygen atoms in total. The maximum Gasteiger partial charge on any atom is 0.0599 e. The number of unbranched alkanes of at least 4 members (excludes halogenated alkanes) is 1. The Morgan fingerprint density at radius 2 is 1.94 bits per heavy atom. The van der Waals surface area contributed by atoms with Crippen molar-refractivity contribution in [2.45, 2.75) is 64.1 Å². The van der Waals surface area contributed by atoms with Crippen LogP contribution in [0.15, 0.2) is 0 Å². The number of nitrogens with one attached hydrogen (secondary N) is 1. The molecule has 2 unspecified atom stereocenters. The van der Waals surface area contributed by atoms with Gasteiger partial charge in [-0.25, -0.2) is 0 Å². The Labute approximate surface area is 106 Å². The van der Waals surface area contributed by atoms with Crippen LogP contribution in [0.25, 0.3) is 0 Å². The monoisotopic (exact) mass is 243 g/mol. The highest BCUT2D eigenvalue weighted by molar-refractivity contribution is 4.73. The lowest BCUT2D eigenvalue weighted by atomic mass is 9.95. The molecule has 0 bridgehead atoms. The molecule has 102 valence electrons. The van der Waals surface area contributed by atoms with Crippen molar-refractivity contribution in [2.24, 2.45) is 0 Å². The van der Waals surface area contributed by atoms with Crippen molar-refractivity contribution in [1.29, 1.82) is 0 Å². The van der Waals surface area contributed by atoms with Crippen molar-refractivity contribution in [1.82, 2.24) is 5.32 Å². The Morgan fingerprint density at radius 1 is 1.12 bits per heavy atom. The van der Waals surface area contributed by atoms with Crippen LogP contribution in [0.2, 0.25) is 0 Å². The third kappa shape index (κ3) is 7.02. The molecule has 17 heavy (non-hydrogen) atoms. The van der Waals surface area contributed by atoms with Gasteiger partial charge in [0.1, 0.15) is 0 Å². The van der Waals surface area contributed by atoms with E-state index >= 15 is 0 Å². The Bertz CT molecular complexity index is 176. The van der Waals surface area contributed by atoms with Crippen molar-refractivity contribution in [2.75, 3.05) is 26.8 Å². The minimum atomic E-state index is 0.431. The predicted molar refractivity (Wildman–Crippen MR) is 71.4 cm³/mol. The lowest BCUT2D eigenvalue weighted by Crippen LogP contribution is -2.27. The van der Waals surface area contributed by atoms with Crippen molar-refractivity contribution in [3.63, 3.8) is 0 Å². The van der Waals surface area contributed by atoms with Gasteiger partial charge in [-0.1, -0.05) is 6.92 Å². The molecule has 1 saturated carbocycles. The third-order valence-electron chi connectivity index (χ3n) is 3.44. The average molecular weight is 243 g/mol. The second-order valence-corrected chi connectivity index (χ2v) is 4.97. The van der Waals surface area contributed by atoms with E-state index in [4.69, 9.17) is 9.47 Å². The SMILES string of the molecule is CCCNCCCCOC1CCCC(OC)C1. The summed E-state index contributed by atoms with van der Waals surface area (Å²) in [5, 5.41) is 3.41. The highest BCUT2D eigenvalue weighted by Gasteiger charge is 2.21. The molecule has 0 saturated heterocycles. The van der Waals surface area contributed by atoms with Crippen LogP contribution in [-0.4, -0.2) is 39.0 Å². The fraction of sp³-hybridized carbons (Fsp3) is 1.00. The van der Waals surface area contributed by atoms with Crippen molar-refractivity contribution < 1.29 is 9.47 Å². The van der Waals surface area contributed by atoms with Gasteiger partial charge in [0.15, 0.2) is 0 Å². The first kappa shape index (κ1) is 14.9. The summed E-state index contributed by atoms with van der Waals surface area (Å²) < 4.78 is 11.3. The van der Waals surface area contributed by atoms with E-state index in [-0.39, 0.29) is 0 Å². The number of hydrogen-bond donors (Lipinski definition) is 1. The lowest BCUT2D eigenvalue weighted by Gasteiger charge is -2.28. The maximum atomic E-state index is 5.91. The second-order valence-electron chi connectivity index (χ2n) is 4.97. The van der Waals surface area contributed by atoms with Crippen LogP contribution in [-0.2, 0) is 9.47 Å². The fourth-order valence-corrected chi connectivity index (χ4v) is 2.37. The maximum absolute atomic E-state index is 5.91. The van der Waals surface area contributed by atoms with Gasteiger partial charge in [0.2, 0.25) is 0 Å². The van der Waals surface area contributed by atoms with Crippen LogP contribution < -0.4 is 5.32 Å². The van der Waals surface area contributed by atoms with Gasteiger partial charge in [0, 0.05) is 13.7 Å². The largest absolute Gasteiger partial charge is 0.381 e. The van der Waals surface area contributed by atoms with Crippen LogP contribution in [0.4, 0.5) is 0 Å². The highest BCUT2D eigenvalue weighted by atomic mass is 16.5. The normalized spacial score (nSPS) is 25.1. The molecule has 1 fully saturated rings. The van der Waals surface area contributed by atoms with Gasteiger partial charge < -0.3 is 14.8 Å². The fourth-order valence-electron chi connectivity index (χ4n) is 2.37. The molecule has 0 aromatic rings. The minimum Gasteiger partial charge on any atom is -0.381 e. The summed E-state index contributed by atoms with van der Waals surface area (Å²) in [5.41, 5.74) is 0. The Morgan fingerprint density at radius 3 is 2.71 bits per heavy atom.